The van der Waals surface area contributed by atoms with E-state index in [1.807, 2.05) is 19.2 Å². The number of benzene rings is 1. The van der Waals surface area contributed by atoms with Gasteiger partial charge in [0.1, 0.15) is 0 Å². The van der Waals surface area contributed by atoms with Crippen LogP contribution in [0.2, 0.25) is 0 Å². The fourth-order valence-electron chi connectivity index (χ4n) is 2.29. The van der Waals surface area contributed by atoms with Gasteiger partial charge in [0.15, 0.2) is 0 Å². The molecule has 2 heteroatoms. The van der Waals surface area contributed by atoms with E-state index >= 15 is 0 Å². The predicted octanol–water partition coefficient (Wildman–Crippen LogP) is 3.71. The monoisotopic (exact) mass is 222 g/mol. The van der Waals surface area contributed by atoms with E-state index in [1.54, 1.807) is 0 Å². The predicted molar refractivity (Wildman–Crippen MR) is 71.3 cm³/mol. The molecule has 0 radical (unpaired) electrons. The molecule has 2 heterocycles. The highest BCUT2D eigenvalue weighted by molar-refractivity contribution is 6.05. The van der Waals surface area contributed by atoms with Crippen LogP contribution in [0, 0.1) is 20.8 Å². The Balaban J connectivity index is 2.62. The largest absolute Gasteiger partial charge is 0.254 e. The quantitative estimate of drug-likeness (QED) is 0.542. The summed E-state index contributed by atoms with van der Waals surface area (Å²) in [5, 5.41) is 2.40. The van der Waals surface area contributed by atoms with Crippen molar-refractivity contribution in [3.8, 4) is 0 Å². The minimum atomic E-state index is 1.01. The maximum absolute atomic E-state index is 4.64. The van der Waals surface area contributed by atoms with Crippen molar-refractivity contribution in [1.82, 2.24) is 9.97 Å². The van der Waals surface area contributed by atoms with Gasteiger partial charge in [0.25, 0.3) is 0 Å². The summed E-state index contributed by atoms with van der Waals surface area (Å²) in [7, 11) is 0. The van der Waals surface area contributed by atoms with Crippen molar-refractivity contribution < 1.29 is 0 Å². The standard InChI is InChI=1S/C15H14N2/c1-9-6-7-16-14-13(9)8-10(2)12-5-4-11(3)17-15(12)14/h4-8H,1-3H3. The van der Waals surface area contributed by atoms with E-state index in [0.29, 0.717) is 0 Å². The van der Waals surface area contributed by atoms with Crippen LogP contribution in [0.1, 0.15) is 16.8 Å². The lowest BCUT2D eigenvalue weighted by Crippen LogP contribution is -1.91. The fourth-order valence-corrected chi connectivity index (χ4v) is 2.29. The first-order valence-electron chi connectivity index (χ1n) is 5.79. The van der Waals surface area contributed by atoms with Gasteiger partial charge in [0.05, 0.1) is 11.0 Å². The molecule has 2 aromatic heterocycles. The maximum Gasteiger partial charge on any atom is 0.0970 e. The molecule has 0 aliphatic heterocycles. The molecule has 0 fully saturated rings. The lowest BCUT2D eigenvalue weighted by molar-refractivity contribution is 1.25. The Labute approximate surface area is 100 Å². The third-order valence-electron chi connectivity index (χ3n) is 3.25. The van der Waals surface area contributed by atoms with Gasteiger partial charge < -0.3 is 0 Å². The van der Waals surface area contributed by atoms with E-state index in [4.69, 9.17) is 0 Å². The van der Waals surface area contributed by atoms with Gasteiger partial charge in [0, 0.05) is 22.7 Å². The first kappa shape index (κ1) is 10.2. The third kappa shape index (κ3) is 1.48. The Kier molecular flexibility index (Phi) is 2.11. The molecule has 17 heavy (non-hydrogen) atoms. The maximum atomic E-state index is 4.64. The van der Waals surface area contributed by atoms with Crippen LogP contribution in [0.25, 0.3) is 21.8 Å². The van der Waals surface area contributed by atoms with E-state index in [-0.39, 0.29) is 0 Å². The van der Waals surface area contributed by atoms with Crippen molar-refractivity contribution >= 4 is 21.8 Å². The van der Waals surface area contributed by atoms with Crippen LogP contribution < -0.4 is 0 Å². The van der Waals surface area contributed by atoms with Crippen LogP contribution in [0.5, 0.6) is 0 Å². The molecule has 3 rings (SSSR count). The molecule has 0 N–H and O–H groups in total. The summed E-state index contributed by atoms with van der Waals surface area (Å²) in [5.41, 5.74) is 5.57. The van der Waals surface area contributed by atoms with Crippen molar-refractivity contribution in [1.29, 1.82) is 0 Å². The molecule has 0 saturated carbocycles. The van der Waals surface area contributed by atoms with Gasteiger partial charge >= 0.3 is 0 Å². The van der Waals surface area contributed by atoms with Crippen molar-refractivity contribution in [3.05, 3.63) is 47.3 Å². The van der Waals surface area contributed by atoms with Crippen LogP contribution in [-0.4, -0.2) is 9.97 Å². The van der Waals surface area contributed by atoms with Crippen LogP contribution in [-0.2, 0) is 0 Å². The summed E-state index contributed by atoms with van der Waals surface area (Å²) < 4.78 is 0. The molecule has 3 aromatic rings. The second-order valence-electron chi connectivity index (χ2n) is 4.57. The Hall–Kier alpha value is -1.96. The van der Waals surface area contributed by atoms with E-state index < -0.39 is 0 Å². The number of hydrogen-bond acceptors (Lipinski definition) is 2. The molecule has 0 unspecified atom stereocenters. The molecule has 1 aromatic carbocycles. The molecule has 0 aliphatic carbocycles. The first-order valence-corrected chi connectivity index (χ1v) is 5.79. The van der Waals surface area contributed by atoms with Gasteiger partial charge in [-0.2, -0.15) is 0 Å². The van der Waals surface area contributed by atoms with Gasteiger partial charge in [-0.25, -0.2) is 0 Å². The van der Waals surface area contributed by atoms with Crippen LogP contribution in [0.15, 0.2) is 30.5 Å². The van der Waals surface area contributed by atoms with E-state index in [1.165, 1.54) is 21.9 Å². The second-order valence-corrected chi connectivity index (χ2v) is 4.57. The summed E-state index contributed by atoms with van der Waals surface area (Å²) in [6.45, 7) is 6.26. The summed E-state index contributed by atoms with van der Waals surface area (Å²) >= 11 is 0. The normalized spacial score (nSPS) is 11.2. The molecule has 0 aliphatic rings. The smallest absolute Gasteiger partial charge is 0.0970 e. The molecular weight excluding hydrogens is 208 g/mol. The number of pyridine rings is 2. The van der Waals surface area contributed by atoms with Crippen LogP contribution in [0.3, 0.4) is 0 Å². The molecule has 0 spiro atoms. The number of aryl methyl sites for hydroxylation is 3. The van der Waals surface area contributed by atoms with Gasteiger partial charge in [-0.15, -0.1) is 0 Å². The van der Waals surface area contributed by atoms with E-state index in [0.717, 1.165) is 16.7 Å². The number of nitrogens with zero attached hydrogens (tertiary/aromatic N) is 2. The number of fused-ring (bicyclic) bond motifs is 3. The highest BCUT2D eigenvalue weighted by atomic mass is 14.7. The average molecular weight is 222 g/mol. The topological polar surface area (TPSA) is 25.8 Å². The van der Waals surface area contributed by atoms with Crippen LogP contribution in [0.4, 0.5) is 0 Å². The minimum absolute atomic E-state index is 1.01. The summed E-state index contributed by atoms with van der Waals surface area (Å²) in [6.07, 6.45) is 1.86. The zero-order valence-electron chi connectivity index (χ0n) is 10.3. The summed E-state index contributed by atoms with van der Waals surface area (Å²) in [4.78, 5) is 9.13. The zero-order valence-corrected chi connectivity index (χ0v) is 10.3. The zero-order chi connectivity index (χ0) is 12.0. The van der Waals surface area contributed by atoms with Crippen molar-refractivity contribution in [2.75, 3.05) is 0 Å². The first-order chi connectivity index (χ1) is 8.16. The van der Waals surface area contributed by atoms with E-state index in [2.05, 4.69) is 42.0 Å². The average Bonchev–Trinajstić information content (AvgIpc) is 2.31. The van der Waals surface area contributed by atoms with Crippen LogP contribution >= 0.6 is 0 Å². The summed E-state index contributed by atoms with van der Waals surface area (Å²) in [5.74, 6) is 0. The summed E-state index contributed by atoms with van der Waals surface area (Å²) in [6, 6.07) is 8.44. The molecule has 0 saturated heterocycles. The molecule has 0 atom stereocenters. The lowest BCUT2D eigenvalue weighted by Gasteiger charge is -2.08. The molecule has 0 amide bonds. The Bertz CT molecular complexity index is 730. The second kappa shape index (κ2) is 3.52. The van der Waals surface area contributed by atoms with Gasteiger partial charge in [-0.3, -0.25) is 9.97 Å². The number of rotatable bonds is 0. The van der Waals surface area contributed by atoms with Gasteiger partial charge in [-0.05, 0) is 50.1 Å². The third-order valence-corrected chi connectivity index (χ3v) is 3.25. The Morgan fingerprint density at radius 3 is 2.47 bits per heavy atom. The SMILES string of the molecule is Cc1ccc2c(C)cc3c(C)ccnc3c2n1. The molecular formula is C15H14N2. The fraction of sp³-hybridized carbons (Fsp3) is 0.200. The molecule has 0 bridgehead atoms. The van der Waals surface area contributed by atoms with Gasteiger partial charge in [0.2, 0.25) is 0 Å². The molecule has 2 nitrogen and oxygen atoms in total. The van der Waals surface area contributed by atoms with Crippen molar-refractivity contribution in [3.63, 3.8) is 0 Å². The molecule has 84 valence electrons. The van der Waals surface area contributed by atoms with Crippen molar-refractivity contribution in [2.24, 2.45) is 0 Å². The van der Waals surface area contributed by atoms with E-state index in [9.17, 15) is 0 Å². The minimum Gasteiger partial charge on any atom is -0.254 e. The number of hydrogen-bond donors (Lipinski definition) is 0. The Morgan fingerprint density at radius 1 is 0.824 bits per heavy atom. The lowest BCUT2D eigenvalue weighted by atomic mass is 10.0. The van der Waals surface area contributed by atoms with Gasteiger partial charge in [-0.1, -0.05) is 6.07 Å². The Morgan fingerprint density at radius 2 is 1.65 bits per heavy atom. The number of aromatic nitrogens is 2. The highest BCUT2D eigenvalue weighted by Crippen LogP contribution is 2.27. The van der Waals surface area contributed by atoms with Crippen molar-refractivity contribution in [2.45, 2.75) is 20.8 Å². The highest BCUT2D eigenvalue weighted by Gasteiger charge is 2.07.